The van der Waals surface area contributed by atoms with Crippen molar-refractivity contribution in [2.45, 2.75) is 45.2 Å². The Morgan fingerprint density at radius 3 is 2.84 bits per heavy atom. The highest BCUT2D eigenvalue weighted by atomic mass is 15.3. The summed E-state index contributed by atoms with van der Waals surface area (Å²) in [5.74, 6) is 0. The van der Waals surface area contributed by atoms with Gasteiger partial charge in [-0.25, -0.2) is 0 Å². The fraction of sp³-hybridized carbons (Fsp3) is 0.467. The second kappa shape index (κ2) is 6.48. The Kier molecular flexibility index (Phi) is 4.68. The Morgan fingerprint density at radius 1 is 1.32 bits per heavy atom. The lowest BCUT2D eigenvalue weighted by Crippen LogP contribution is -2.26. The van der Waals surface area contributed by atoms with Crippen molar-refractivity contribution in [2.24, 2.45) is 5.73 Å². The van der Waals surface area contributed by atoms with Crippen LogP contribution >= 0.6 is 0 Å². The van der Waals surface area contributed by atoms with E-state index in [4.69, 9.17) is 5.73 Å². The van der Waals surface area contributed by atoms with Gasteiger partial charge in [0.05, 0.1) is 5.69 Å². The fourth-order valence-corrected chi connectivity index (χ4v) is 2.08. The van der Waals surface area contributed by atoms with Gasteiger partial charge in [0.15, 0.2) is 0 Å². The zero-order chi connectivity index (χ0) is 13.7. The molecule has 19 heavy (non-hydrogen) atoms. The number of rotatable bonds is 6. The largest absolute Gasteiger partial charge is 0.327 e. The summed E-state index contributed by atoms with van der Waals surface area (Å²) >= 11 is 0. The zero-order valence-electron chi connectivity index (χ0n) is 11.7. The lowest BCUT2D eigenvalue weighted by molar-refractivity contribution is 0.471. The van der Waals surface area contributed by atoms with Crippen LogP contribution in [0.25, 0.3) is 0 Å². The molecule has 4 nitrogen and oxygen atoms in total. The molecule has 2 heterocycles. The lowest BCUT2D eigenvalue weighted by atomic mass is 10.0. The molecule has 0 spiro atoms. The molecule has 0 aliphatic heterocycles. The smallest absolute Gasteiger partial charge is 0.0640 e. The van der Waals surface area contributed by atoms with Gasteiger partial charge in [-0.1, -0.05) is 13.0 Å². The molecule has 2 rings (SSSR count). The molecule has 0 aromatic carbocycles. The number of aromatic nitrogens is 3. The van der Waals surface area contributed by atoms with Gasteiger partial charge in [0, 0.05) is 37.1 Å². The maximum Gasteiger partial charge on any atom is 0.0640 e. The van der Waals surface area contributed by atoms with Crippen molar-refractivity contribution in [3.05, 3.63) is 48.0 Å². The van der Waals surface area contributed by atoms with Crippen molar-refractivity contribution < 1.29 is 0 Å². The minimum atomic E-state index is 0.0875. The first-order valence-corrected chi connectivity index (χ1v) is 6.87. The summed E-state index contributed by atoms with van der Waals surface area (Å²) in [7, 11) is 0. The Labute approximate surface area is 114 Å². The molecule has 0 saturated heterocycles. The van der Waals surface area contributed by atoms with Gasteiger partial charge in [-0.2, -0.15) is 5.10 Å². The molecule has 2 N–H and O–H groups in total. The summed E-state index contributed by atoms with van der Waals surface area (Å²) in [6, 6.07) is 6.60. The second-order valence-corrected chi connectivity index (χ2v) is 5.07. The first-order valence-electron chi connectivity index (χ1n) is 6.87. The molecule has 2 atom stereocenters. The molecule has 0 amide bonds. The summed E-state index contributed by atoms with van der Waals surface area (Å²) < 4.78 is 2.02. The van der Waals surface area contributed by atoms with Gasteiger partial charge in [0.1, 0.15) is 0 Å². The molecule has 2 aromatic heterocycles. The SMILES string of the molecule is CCC(C)n1ccc(CC(N)Cc2cccnc2)n1. The Balaban J connectivity index is 1.92. The first kappa shape index (κ1) is 13.7. The van der Waals surface area contributed by atoms with Crippen molar-refractivity contribution in [3.63, 3.8) is 0 Å². The summed E-state index contributed by atoms with van der Waals surface area (Å²) in [6.45, 7) is 4.34. The van der Waals surface area contributed by atoms with E-state index in [0.717, 1.165) is 25.0 Å². The van der Waals surface area contributed by atoms with E-state index in [-0.39, 0.29) is 6.04 Å². The van der Waals surface area contributed by atoms with Crippen LogP contribution < -0.4 is 5.73 Å². The van der Waals surface area contributed by atoms with Crippen LogP contribution in [0.2, 0.25) is 0 Å². The molecular formula is C15H22N4. The minimum Gasteiger partial charge on any atom is -0.327 e. The van der Waals surface area contributed by atoms with Gasteiger partial charge < -0.3 is 5.73 Å². The van der Waals surface area contributed by atoms with Crippen LogP contribution in [0, 0.1) is 0 Å². The predicted molar refractivity (Wildman–Crippen MR) is 76.8 cm³/mol. The van der Waals surface area contributed by atoms with E-state index in [1.165, 1.54) is 5.56 Å². The van der Waals surface area contributed by atoms with Gasteiger partial charge in [-0.3, -0.25) is 9.67 Å². The fourth-order valence-electron chi connectivity index (χ4n) is 2.08. The maximum absolute atomic E-state index is 6.18. The highest BCUT2D eigenvalue weighted by molar-refractivity contribution is 5.11. The highest BCUT2D eigenvalue weighted by Crippen LogP contribution is 2.11. The first-order chi connectivity index (χ1) is 9.19. The van der Waals surface area contributed by atoms with E-state index < -0.39 is 0 Å². The van der Waals surface area contributed by atoms with E-state index in [0.29, 0.717) is 6.04 Å². The van der Waals surface area contributed by atoms with E-state index in [9.17, 15) is 0 Å². The topological polar surface area (TPSA) is 56.7 Å². The van der Waals surface area contributed by atoms with Crippen LogP contribution in [0.3, 0.4) is 0 Å². The van der Waals surface area contributed by atoms with Crippen LogP contribution in [0.1, 0.15) is 37.6 Å². The second-order valence-electron chi connectivity index (χ2n) is 5.07. The average Bonchev–Trinajstić information content (AvgIpc) is 2.87. The van der Waals surface area contributed by atoms with Crippen molar-refractivity contribution in [1.29, 1.82) is 0 Å². The van der Waals surface area contributed by atoms with Crippen LogP contribution in [0.4, 0.5) is 0 Å². The third kappa shape index (κ3) is 3.89. The maximum atomic E-state index is 6.18. The van der Waals surface area contributed by atoms with Gasteiger partial charge in [0.25, 0.3) is 0 Å². The molecule has 0 aliphatic carbocycles. The Morgan fingerprint density at radius 2 is 2.16 bits per heavy atom. The van der Waals surface area contributed by atoms with Crippen LogP contribution in [-0.4, -0.2) is 20.8 Å². The van der Waals surface area contributed by atoms with Crippen LogP contribution in [-0.2, 0) is 12.8 Å². The van der Waals surface area contributed by atoms with E-state index in [1.807, 2.05) is 23.1 Å². The number of pyridine rings is 1. The van der Waals surface area contributed by atoms with E-state index in [2.05, 4.69) is 36.1 Å². The summed E-state index contributed by atoms with van der Waals surface area (Å²) in [6.07, 6.45) is 8.42. The zero-order valence-corrected chi connectivity index (χ0v) is 11.7. The normalized spacial score (nSPS) is 14.3. The molecule has 102 valence electrons. The Hall–Kier alpha value is -1.68. The van der Waals surface area contributed by atoms with Crippen molar-refractivity contribution >= 4 is 0 Å². The summed E-state index contributed by atoms with van der Waals surface area (Å²) in [5.41, 5.74) is 8.42. The summed E-state index contributed by atoms with van der Waals surface area (Å²) in [4.78, 5) is 4.11. The molecule has 0 aliphatic rings. The molecule has 0 fully saturated rings. The third-order valence-corrected chi connectivity index (χ3v) is 3.40. The third-order valence-electron chi connectivity index (χ3n) is 3.40. The molecule has 0 bridgehead atoms. The Bertz CT molecular complexity index is 492. The van der Waals surface area contributed by atoms with Gasteiger partial charge in [-0.15, -0.1) is 0 Å². The van der Waals surface area contributed by atoms with Crippen molar-refractivity contribution in [2.75, 3.05) is 0 Å². The van der Waals surface area contributed by atoms with Crippen LogP contribution in [0.15, 0.2) is 36.8 Å². The number of nitrogens with two attached hydrogens (primary N) is 1. The van der Waals surface area contributed by atoms with E-state index in [1.54, 1.807) is 6.20 Å². The van der Waals surface area contributed by atoms with Crippen molar-refractivity contribution in [3.8, 4) is 0 Å². The molecule has 2 aromatic rings. The molecule has 2 unspecified atom stereocenters. The monoisotopic (exact) mass is 258 g/mol. The molecule has 0 radical (unpaired) electrons. The quantitative estimate of drug-likeness (QED) is 0.865. The highest BCUT2D eigenvalue weighted by Gasteiger charge is 2.09. The van der Waals surface area contributed by atoms with Crippen molar-refractivity contribution in [1.82, 2.24) is 14.8 Å². The standard InChI is InChI=1S/C15H22N4/c1-3-12(2)19-8-6-15(18-19)10-14(16)9-13-5-4-7-17-11-13/h4-8,11-12,14H,3,9-10,16H2,1-2H3. The molecule has 0 saturated carbocycles. The molecule has 4 heteroatoms. The van der Waals surface area contributed by atoms with Gasteiger partial charge in [0.2, 0.25) is 0 Å². The van der Waals surface area contributed by atoms with Gasteiger partial charge >= 0.3 is 0 Å². The van der Waals surface area contributed by atoms with Gasteiger partial charge in [-0.05, 0) is 37.5 Å². The number of hydrogen-bond acceptors (Lipinski definition) is 3. The summed E-state index contributed by atoms with van der Waals surface area (Å²) in [5, 5.41) is 4.58. The average molecular weight is 258 g/mol. The molecular weight excluding hydrogens is 236 g/mol. The predicted octanol–water partition coefficient (Wildman–Crippen LogP) is 2.36. The van der Waals surface area contributed by atoms with E-state index >= 15 is 0 Å². The number of hydrogen-bond donors (Lipinski definition) is 1. The number of nitrogens with zero attached hydrogens (tertiary/aromatic N) is 3. The van der Waals surface area contributed by atoms with Crippen LogP contribution in [0.5, 0.6) is 0 Å². The lowest BCUT2D eigenvalue weighted by Gasteiger charge is -2.11. The minimum absolute atomic E-state index is 0.0875.